The predicted molar refractivity (Wildman–Crippen MR) is 72.3 cm³/mol. The molecule has 0 aliphatic heterocycles. The monoisotopic (exact) mass is 277 g/mol. The van der Waals surface area contributed by atoms with E-state index in [9.17, 15) is 4.79 Å². The van der Waals surface area contributed by atoms with E-state index in [-0.39, 0.29) is 5.69 Å². The number of imidazole rings is 1. The van der Waals surface area contributed by atoms with Gasteiger partial charge in [0.2, 0.25) is 0 Å². The molecule has 0 saturated heterocycles. The van der Waals surface area contributed by atoms with Gasteiger partial charge in [0.05, 0.1) is 37.1 Å². The van der Waals surface area contributed by atoms with Crippen LogP contribution in [-0.2, 0) is 17.8 Å². The van der Waals surface area contributed by atoms with Gasteiger partial charge in [-0.15, -0.1) is 5.10 Å². The Morgan fingerprint density at radius 2 is 2.20 bits per heavy atom. The number of rotatable bonds is 6. The Bertz CT molecular complexity index is 587. The van der Waals surface area contributed by atoms with Gasteiger partial charge < -0.3 is 9.30 Å². The number of ether oxygens (including phenoxy) is 1. The predicted octanol–water partition coefficient (Wildman–Crippen LogP) is 1.42. The molecule has 0 spiro atoms. The molecule has 2 aromatic rings. The van der Waals surface area contributed by atoms with Crippen molar-refractivity contribution in [1.29, 1.82) is 0 Å². The molecule has 2 heterocycles. The lowest BCUT2D eigenvalue weighted by molar-refractivity contribution is 0.0518. The summed E-state index contributed by atoms with van der Waals surface area (Å²) in [5, 5.41) is 7.92. The molecule has 0 fully saturated rings. The van der Waals surface area contributed by atoms with Crippen LogP contribution in [0.5, 0.6) is 0 Å². The third-order valence-corrected chi connectivity index (χ3v) is 3.03. The van der Waals surface area contributed by atoms with Gasteiger partial charge in [-0.2, -0.15) is 0 Å². The fourth-order valence-electron chi connectivity index (χ4n) is 1.97. The van der Waals surface area contributed by atoms with E-state index in [0.717, 1.165) is 18.7 Å². The first kappa shape index (κ1) is 14.2. The van der Waals surface area contributed by atoms with Crippen LogP contribution >= 0.6 is 0 Å². The van der Waals surface area contributed by atoms with Crippen LogP contribution in [0, 0.1) is 6.92 Å². The highest BCUT2D eigenvalue weighted by molar-refractivity contribution is 5.88. The molecule has 0 radical (unpaired) electrons. The van der Waals surface area contributed by atoms with Crippen molar-refractivity contribution < 1.29 is 9.53 Å². The van der Waals surface area contributed by atoms with Crippen LogP contribution in [0.4, 0.5) is 0 Å². The number of carbonyl (C=O) groups is 1. The third-order valence-electron chi connectivity index (χ3n) is 3.03. The largest absolute Gasteiger partial charge is 0.461 e. The van der Waals surface area contributed by atoms with Gasteiger partial charge in [-0.3, -0.25) is 0 Å². The summed E-state index contributed by atoms with van der Waals surface area (Å²) < 4.78 is 8.71. The number of hydrogen-bond donors (Lipinski definition) is 0. The van der Waals surface area contributed by atoms with Gasteiger partial charge in [0.25, 0.3) is 0 Å². The van der Waals surface area contributed by atoms with Crippen molar-refractivity contribution in [2.75, 3.05) is 6.61 Å². The van der Waals surface area contributed by atoms with E-state index in [1.165, 1.54) is 0 Å². The molecule has 0 unspecified atom stereocenters. The van der Waals surface area contributed by atoms with Gasteiger partial charge in [-0.25, -0.2) is 14.5 Å². The molecular formula is C13H19N5O2. The Morgan fingerprint density at radius 3 is 2.90 bits per heavy atom. The van der Waals surface area contributed by atoms with Crippen LogP contribution in [0.15, 0.2) is 12.5 Å². The molecule has 108 valence electrons. The second kappa shape index (κ2) is 6.31. The minimum atomic E-state index is -0.432. The summed E-state index contributed by atoms with van der Waals surface area (Å²) in [4.78, 5) is 15.8. The van der Waals surface area contributed by atoms with Gasteiger partial charge in [0, 0.05) is 6.54 Å². The quantitative estimate of drug-likeness (QED) is 0.746. The van der Waals surface area contributed by atoms with Crippen LogP contribution in [0.2, 0.25) is 0 Å². The van der Waals surface area contributed by atoms with Crippen molar-refractivity contribution in [2.45, 2.75) is 40.3 Å². The molecule has 0 amide bonds. The maximum absolute atomic E-state index is 11.7. The first-order chi connectivity index (χ1) is 9.67. The van der Waals surface area contributed by atoms with Gasteiger partial charge in [-0.1, -0.05) is 12.1 Å². The van der Waals surface area contributed by atoms with Crippen molar-refractivity contribution in [1.82, 2.24) is 24.5 Å². The summed E-state index contributed by atoms with van der Waals surface area (Å²) in [5.41, 5.74) is 2.01. The minimum Gasteiger partial charge on any atom is -0.461 e. The Kier molecular flexibility index (Phi) is 4.49. The summed E-state index contributed by atoms with van der Waals surface area (Å²) >= 11 is 0. The zero-order valence-electron chi connectivity index (χ0n) is 12.0. The Labute approximate surface area is 117 Å². The Morgan fingerprint density at radius 1 is 1.40 bits per heavy atom. The van der Waals surface area contributed by atoms with Crippen LogP contribution in [0.3, 0.4) is 0 Å². The molecular weight excluding hydrogens is 258 g/mol. The average molecular weight is 277 g/mol. The average Bonchev–Trinajstić information content (AvgIpc) is 3.00. The lowest BCUT2D eigenvalue weighted by Crippen LogP contribution is -2.11. The van der Waals surface area contributed by atoms with E-state index in [0.29, 0.717) is 18.8 Å². The topological polar surface area (TPSA) is 74.8 Å². The summed E-state index contributed by atoms with van der Waals surface area (Å²) in [6.07, 6.45) is 4.64. The van der Waals surface area contributed by atoms with Crippen molar-refractivity contribution in [3.8, 4) is 0 Å². The first-order valence-corrected chi connectivity index (χ1v) is 6.73. The van der Waals surface area contributed by atoms with Crippen molar-refractivity contribution in [3.05, 3.63) is 29.6 Å². The second-order valence-corrected chi connectivity index (χ2v) is 4.48. The number of aryl methyl sites for hydroxylation is 1. The zero-order valence-corrected chi connectivity index (χ0v) is 12.0. The molecule has 7 heteroatoms. The van der Waals surface area contributed by atoms with Crippen LogP contribution in [-0.4, -0.2) is 37.1 Å². The van der Waals surface area contributed by atoms with E-state index in [2.05, 4.69) is 26.8 Å². The fourth-order valence-corrected chi connectivity index (χ4v) is 1.97. The number of hydrogen-bond acceptors (Lipinski definition) is 5. The number of carbonyl (C=O) groups excluding carboxylic acids is 1. The maximum Gasteiger partial charge on any atom is 0.360 e. The third kappa shape index (κ3) is 2.87. The summed E-state index contributed by atoms with van der Waals surface area (Å²) in [7, 11) is 0. The molecule has 0 aromatic carbocycles. The van der Waals surface area contributed by atoms with Crippen LogP contribution in [0.25, 0.3) is 0 Å². The molecule has 0 aliphatic carbocycles. The lowest BCUT2D eigenvalue weighted by Gasteiger charge is -2.07. The molecule has 0 bridgehead atoms. The standard InChI is InChI=1S/C13H19N5O2/c1-4-6-17-9-14-7-11(17)8-18-10(3)12(15-16-18)13(19)20-5-2/h7,9H,4-6,8H2,1-3H3. The van der Waals surface area contributed by atoms with Gasteiger partial charge in [0.15, 0.2) is 5.69 Å². The summed E-state index contributed by atoms with van der Waals surface area (Å²) in [5.74, 6) is -0.432. The Balaban J connectivity index is 2.18. The van der Waals surface area contributed by atoms with Crippen LogP contribution in [0.1, 0.15) is 42.1 Å². The minimum absolute atomic E-state index is 0.272. The highest BCUT2D eigenvalue weighted by atomic mass is 16.5. The highest BCUT2D eigenvalue weighted by Gasteiger charge is 2.18. The van der Waals surface area contributed by atoms with E-state index < -0.39 is 5.97 Å². The first-order valence-electron chi connectivity index (χ1n) is 6.73. The van der Waals surface area contributed by atoms with Crippen molar-refractivity contribution in [3.63, 3.8) is 0 Å². The molecule has 20 heavy (non-hydrogen) atoms. The van der Waals surface area contributed by atoms with E-state index in [4.69, 9.17) is 4.74 Å². The highest BCUT2D eigenvalue weighted by Crippen LogP contribution is 2.09. The van der Waals surface area contributed by atoms with Gasteiger partial charge in [-0.05, 0) is 20.3 Å². The van der Waals surface area contributed by atoms with E-state index >= 15 is 0 Å². The van der Waals surface area contributed by atoms with Crippen molar-refractivity contribution in [2.24, 2.45) is 0 Å². The van der Waals surface area contributed by atoms with Gasteiger partial charge in [0.1, 0.15) is 0 Å². The van der Waals surface area contributed by atoms with E-state index in [1.54, 1.807) is 24.1 Å². The molecule has 0 N–H and O–H groups in total. The molecule has 2 aromatic heterocycles. The number of aromatic nitrogens is 5. The van der Waals surface area contributed by atoms with E-state index in [1.807, 2.05) is 6.92 Å². The van der Waals surface area contributed by atoms with Crippen LogP contribution < -0.4 is 0 Å². The van der Waals surface area contributed by atoms with Crippen molar-refractivity contribution >= 4 is 5.97 Å². The fraction of sp³-hybridized carbons (Fsp3) is 0.538. The summed E-state index contributed by atoms with van der Waals surface area (Å²) in [6, 6.07) is 0. The normalized spacial score (nSPS) is 10.8. The molecule has 7 nitrogen and oxygen atoms in total. The lowest BCUT2D eigenvalue weighted by atomic mass is 10.3. The number of nitrogens with zero attached hydrogens (tertiary/aromatic N) is 5. The maximum atomic E-state index is 11.7. The molecule has 0 saturated carbocycles. The smallest absolute Gasteiger partial charge is 0.360 e. The number of esters is 1. The molecule has 2 rings (SSSR count). The van der Waals surface area contributed by atoms with Gasteiger partial charge >= 0.3 is 5.97 Å². The second-order valence-electron chi connectivity index (χ2n) is 4.48. The molecule has 0 aliphatic rings. The zero-order chi connectivity index (χ0) is 14.5. The Hall–Kier alpha value is -2.18. The summed E-state index contributed by atoms with van der Waals surface area (Å²) in [6.45, 7) is 7.47. The molecule has 0 atom stereocenters. The SMILES string of the molecule is CCCn1cncc1Cn1nnc(C(=O)OCC)c1C.